The lowest BCUT2D eigenvalue weighted by Gasteiger charge is -2.19. The molecule has 0 bridgehead atoms. The van der Waals surface area contributed by atoms with Crippen molar-refractivity contribution in [2.24, 2.45) is 0 Å². The molecule has 1 N–H and O–H groups in total. The van der Waals surface area contributed by atoms with Gasteiger partial charge in [0.05, 0.1) is 16.9 Å². The number of rotatable bonds is 3. The predicted molar refractivity (Wildman–Crippen MR) is 75.4 cm³/mol. The molecule has 19 heavy (non-hydrogen) atoms. The maximum Gasteiger partial charge on any atom is 0.337 e. The minimum absolute atomic E-state index is 0.231. The second kappa shape index (κ2) is 5.74. The van der Waals surface area contributed by atoms with Crippen LogP contribution >= 0.6 is 0 Å². The lowest BCUT2D eigenvalue weighted by molar-refractivity contribution is 0.0698. The molecule has 0 saturated heterocycles. The first-order valence-electron chi connectivity index (χ1n) is 5.84. The summed E-state index contributed by atoms with van der Waals surface area (Å²) in [5, 5.41) is 9.25. The van der Waals surface area contributed by atoms with Crippen LogP contribution in [0.3, 0.4) is 0 Å². The SMILES string of the molecule is CC#CN(c1ccccc1)c1ccccc1C(=O)O. The van der Waals surface area contributed by atoms with Crippen molar-refractivity contribution in [2.45, 2.75) is 6.92 Å². The van der Waals surface area contributed by atoms with Crippen LogP contribution in [0, 0.1) is 12.0 Å². The maximum absolute atomic E-state index is 11.3. The lowest BCUT2D eigenvalue weighted by atomic mass is 10.1. The number of hydrogen-bond donors (Lipinski definition) is 1. The minimum atomic E-state index is -0.963. The van der Waals surface area contributed by atoms with Gasteiger partial charge in [-0.15, -0.1) is 0 Å². The Morgan fingerprint density at radius 2 is 1.68 bits per heavy atom. The van der Waals surface area contributed by atoms with Gasteiger partial charge in [0.1, 0.15) is 0 Å². The average molecular weight is 251 g/mol. The van der Waals surface area contributed by atoms with Crippen LogP contribution in [0.2, 0.25) is 0 Å². The zero-order chi connectivity index (χ0) is 13.7. The van der Waals surface area contributed by atoms with Gasteiger partial charge in [0.15, 0.2) is 0 Å². The number of hydrogen-bond acceptors (Lipinski definition) is 2. The Morgan fingerprint density at radius 1 is 1.05 bits per heavy atom. The number of carboxylic acids is 1. The van der Waals surface area contributed by atoms with Crippen LogP contribution in [0.1, 0.15) is 17.3 Å². The van der Waals surface area contributed by atoms with E-state index >= 15 is 0 Å². The van der Waals surface area contributed by atoms with Gasteiger partial charge in [0.2, 0.25) is 0 Å². The van der Waals surface area contributed by atoms with Crippen LogP contribution in [0.5, 0.6) is 0 Å². The van der Waals surface area contributed by atoms with Crippen molar-refractivity contribution in [1.82, 2.24) is 0 Å². The Hall–Kier alpha value is -2.73. The Bertz CT molecular complexity index is 639. The van der Waals surface area contributed by atoms with Crippen LogP contribution in [-0.2, 0) is 0 Å². The van der Waals surface area contributed by atoms with Gasteiger partial charge in [-0.25, -0.2) is 4.79 Å². The largest absolute Gasteiger partial charge is 0.478 e. The number of nitrogens with zero attached hydrogens (tertiary/aromatic N) is 1. The van der Waals surface area contributed by atoms with E-state index in [4.69, 9.17) is 0 Å². The normalized spacial score (nSPS) is 9.32. The zero-order valence-corrected chi connectivity index (χ0v) is 10.5. The molecule has 0 aliphatic carbocycles. The van der Waals surface area contributed by atoms with Crippen LogP contribution in [0.25, 0.3) is 0 Å². The van der Waals surface area contributed by atoms with Gasteiger partial charge in [-0.1, -0.05) is 36.3 Å². The first-order chi connectivity index (χ1) is 9.24. The van der Waals surface area contributed by atoms with E-state index in [1.165, 1.54) is 0 Å². The van der Waals surface area contributed by atoms with E-state index in [2.05, 4.69) is 12.0 Å². The molecule has 0 spiro atoms. The van der Waals surface area contributed by atoms with Crippen molar-refractivity contribution in [1.29, 1.82) is 0 Å². The molecule has 2 rings (SSSR count). The summed E-state index contributed by atoms with van der Waals surface area (Å²) in [6, 6.07) is 19.2. The number of benzene rings is 2. The first kappa shape index (κ1) is 12.7. The average Bonchev–Trinajstić information content (AvgIpc) is 2.45. The lowest BCUT2D eigenvalue weighted by Crippen LogP contribution is -2.13. The summed E-state index contributed by atoms with van der Waals surface area (Å²) in [6.45, 7) is 1.72. The highest BCUT2D eigenvalue weighted by Crippen LogP contribution is 2.27. The Balaban J connectivity index is 2.57. The van der Waals surface area contributed by atoms with E-state index in [0.29, 0.717) is 5.69 Å². The van der Waals surface area contributed by atoms with Gasteiger partial charge in [-0.05, 0) is 31.2 Å². The molecular weight excluding hydrogens is 238 g/mol. The van der Waals surface area contributed by atoms with E-state index in [9.17, 15) is 9.90 Å². The molecule has 0 aromatic heterocycles. The summed E-state index contributed by atoms with van der Waals surface area (Å²) >= 11 is 0. The summed E-state index contributed by atoms with van der Waals surface area (Å²) in [5.41, 5.74) is 1.63. The first-order valence-corrected chi connectivity index (χ1v) is 5.84. The third-order valence-corrected chi connectivity index (χ3v) is 2.61. The molecule has 2 aromatic carbocycles. The Morgan fingerprint density at radius 3 is 2.32 bits per heavy atom. The second-order valence-electron chi connectivity index (χ2n) is 3.86. The molecule has 0 aliphatic heterocycles. The van der Waals surface area contributed by atoms with Gasteiger partial charge in [0.25, 0.3) is 0 Å². The molecule has 0 unspecified atom stereocenters. The molecule has 3 nitrogen and oxygen atoms in total. The standard InChI is InChI=1S/C16H13NO2/c1-2-12-17(13-8-4-3-5-9-13)15-11-7-6-10-14(15)16(18)19/h3-11H,1H3,(H,18,19). The van der Waals surface area contributed by atoms with Gasteiger partial charge in [0, 0.05) is 6.04 Å². The van der Waals surface area contributed by atoms with E-state index in [0.717, 1.165) is 5.69 Å². The topological polar surface area (TPSA) is 40.5 Å². The van der Waals surface area contributed by atoms with Crippen molar-refractivity contribution in [3.63, 3.8) is 0 Å². The fraction of sp³-hybridized carbons (Fsp3) is 0.0625. The second-order valence-corrected chi connectivity index (χ2v) is 3.86. The molecule has 3 heteroatoms. The van der Waals surface area contributed by atoms with Crippen LogP contribution < -0.4 is 4.90 Å². The molecule has 0 radical (unpaired) electrons. The van der Waals surface area contributed by atoms with Crippen molar-refractivity contribution >= 4 is 17.3 Å². The number of carbonyl (C=O) groups is 1. The van der Waals surface area contributed by atoms with Crippen LogP contribution in [-0.4, -0.2) is 11.1 Å². The number of para-hydroxylation sites is 2. The van der Waals surface area contributed by atoms with Crippen LogP contribution in [0.4, 0.5) is 11.4 Å². The molecule has 2 aromatic rings. The molecule has 0 amide bonds. The fourth-order valence-electron chi connectivity index (χ4n) is 1.80. The fourth-order valence-corrected chi connectivity index (χ4v) is 1.80. The van der Waals surface area contributed by atoms with Gasteiger partial charge in [-0.3, -0.25) is 4.90 Å². The predicted octanol–water partition coefficient (Wildman–Crippen LogP) is 3.50. The van der Waals surface area contributed by atoms with E-state index in [1.807, 2.05) is 30.3 Å². The molecule has 0 aliphatic rings. The molecular formula is C16H13NO2. The molecule has 94 valence electrons. The van der Waals surface area contributed by atoms with Gasteiger partial charge in [-0.2, -0.15) is 0 Å². The number of aromatic carboxylic acids is 1. The molecule has 0 saturated carbocycles. The van der Waals surface area contributed by atoms with E-state index < -0.39 is 5.97 Å². The summed E-state index contributed by atoms with van der Waals surface area (Å²) in [7, 11) is 0. The van der Waals surface area contributed by atoms with Gasteiger partial charge >= 0.3 is 5.97 Å². The highest BCUT2D eigenvalue weighted by atomic mass is 16.4. The molecule has 0 heterocycles. The van der Waals surface area contributed by atoms with Crippen molar-refractivity contribution < 1.29 is 9.90 Å². The quantitative estimate of drug-likeness (QED) is 0.670. The maximum atomic E-state index is 11.3. The van der Waals surface area contributed by atoms with Crippen molar-refractivity contribution in [2.75, 3.05) is 4.90 Å². The van der Waals surface area contributed by atoms with Gasteiger partial charge < -0.3 is 5.11 Å². The third kappa shape index (κ3) is 2.75. The highest BCUT2D eigenvalue weighted by Gasteiger charge is 2.15. The molecule has 0 fully saturated rings. The van der Waals surface area contributed by atoms with Crippen molar-refractivity contribution in [3.05, 3.63) is 60.2 Å². The smallest absolute Gasteiger partial charge is 0.337 e. The summed E-state index contributed by atoms with van der Waals surface area (Å²) in [5.74, 6) is 1.85. The zero-order valence-electron chi connectivity index (χ0n) is 10.5. The summed E-state index contributed by atoms with van der Waals surface area (Å²) < 4.78 is 0. The third-order valence-electron chi connectivity index (χ3n) is 2.61. The summed E-state index contributed by atoms with van der Waals surface area (Å²) in [4.78, 5) is 13.0. The Labute approximate surface area is 112 Å². The Kier molecular flexibility index (Phi) is 3.84. The van der Waals surface area contributed by atoms with E-state index in [-0.39, 0.29) is 5.56 Å². The monoisotopic (exact) mass is 251 g/mol. The number of anilines is 2. The molecule has 0 atom stereocenters. The minimum Gasteiger partial charge on any atom is -0.478 e. The summed E-state index contributed by atoms with van der Waals surface area (Å²) in [6.07, 6.45) is 0. The van der Waals surface area contributed by atoms with Crippen molar-refractivity contribution in [3.8, 4) is 12.0 Å². The van der Waals surface area contributed by atoms with E-state index in [1.54, 1.807) is 36.1 Å². The number of carboxylic acid groups (broad SMARTS) is 1. The highest BCUT2D eigenvalue weighted by molar-refractivity contribution is 5.96. The van der Waals surface area contributed by atoms with Crippen LogP contribution in [0.15, 0.2) is 54.6 Å².